The van der Waals surface area contributed by atoms with E-state index in [1.165, 1.54) is 12.1 Å². The Labute approximate surface area is 149 Å². The number of rotatable bonds is 5. The Hall–Kier alpha value is -3.61. The molecule has 0 saturated carbocycles. The molecule has 7 heteroatoms. The first kappa shape index (κ1) is 15.9. The fourth-order valence-corrected chi connectivity index (χ4v) is 2.58. The average molecular weight is 346 g/mol. The first-order valence-corrected chi connectivity index (χ1v) is 8.05. The molecule has 0 aliphatic rings. The van der Waals surface area contributed by atoms with Gasteiger partial charge in [-0.1, -0.05) is 0 Å². The lowest BCUT2D eigenvalue weighted by atomic mass is 10.1. The van der Waals surface area contributed by atoms with Crippen molar-refractivity contribution in [3.63, 3.8) is 0 Å². The van der Waals surface area contributed by atoms with Crippen molar-refractivity contribution < 1.29 is 4.39 Å². The zero-order chi connectivity index (χ0) is 17.8. The molecule has 0 radical (unpaired) electrons. The Morgan fingerprint density at radius 2 is 1.73 bits per heavy atom. The van der Waals surface area contributed by atoms with Crippen LogP contribution in [0.1, 0.15) is 5.56 Å². The van der Waals surface area contributed by atoms with E-state index in [0.717, 1.165) is 16.8 Å². The minimum Gasteiger partial charge on any atom is -0.350 e. The number of nitrogens with zero attached hydrogens (tertiary/aromatic N) is 4. The summed E-state index contributed by atoms with van der Waals surface area (Å²) in [6.45, 7) is 0.597. The zero-order valence-corrected chi connectivity index (χ0v) is 13.7. The van der Waals surface area contributed by atoms with Gasteiger partial charge >= 0.3 is 0 Å². The van der Waals surface area contributed by atoms with Crippen molar-refractivity contribution in [3.05, 3.63) is 78.8 Å². The molecule has 3 aromatic heterocycles. The van der Waals surface area contributed by atoms with Gasteiger partial charge in [0.1, 0.15) is 5.82 Å². The summed E-state index contributed by atoms with van der Waals surface area (Å²) in [5.74, 6) is 0.231. The molecule has 1 aromatic carbocycles. The highest BCUT2D eigenvalue weighted by atomic mass is 19.1. The van der Waals surface area contributed by atoms with E-state index in [2.05, 4.69) is 30.2 Å². The third kappa shape index (κ3) is 3.41. The molecule has 3 heterocycles. The molecule has 0 spiro atoms. The number of benzene rings is 1. The van der Waals surface area contributed by atoms with Crippen molar-refractivity contribution in [1.29, 1.82) is 0 Å². The molecule has 0 amide bonds. The van der Waals surface area contributed by atoms with E-state index < -0.39 is 0 Å². The Bertz CT molecular complexity index is 998. The summed E-state index contributed by atoms with van der Waals surface area (Å²) in [7, 11) is 0. The number of hydrogen-bond acceptors (Lipinski definition) is 5. The number of halogens is 1. The van der Waals surface area contributed by atoms with Crippen LogP contribution in [-0.4, -0.2) is 24.9 Å². The standard InChI is InChI=1S/C19H15FN6/c20-15-3-1-14(2-4-15)17-18(25-12-24-17)16-7-10-22-19(26-16)23-11-13-5-8-21-9-6-13/h1-10,12H,11H2,(H,24,25)(H,22,23,26). The van der Waals surface area contributed by atoms with Crippen LogP contribution in [0, 0.1) is 5.82 Å². The Kier molecular flexibility index (Phi) is 4.34. The van der Waals surface area contributed by atoms with Gasteiger partial charge in [-0.15, -0.1) is 0 Å². The Morgan fingerprint density at radius 3 is 2.54 bits per heavy atom. The summed E-state index contributed by atoms with van der Waals surface area (Å²) in [5, 5.41) is 3.20. The van der Waals surface area contributed by atoms with Gasteiger partial charge < -0.3 is 10.3 Å². The van der Waals surface area contributed by atoms with Crippen LogP contribution in [0.25, 0.3) is 22.6 Å². The maximum atomic E-state index is 13.2. The number of aromatic nitrogens is 5. The van der Waals surface area contributed by atoms with Gasteiger partial charge in [-0.25, -0.2) is 19.3 Å². The molecule has 4 rings (SSSR count). The summed E-state index contributed by atoms with van der Waals surface area (Å²) in [5.41, 5.74) is 4.07. The van der Waals surface area contributed by atoms with Crippen molar-refractivity contribution in [2.24, 2.45) is 0 Å². The second-order valence-electron chi connectivity index (χ2n) is 5.61. The van der Waals surface area contributed by atoms with E-state index in [9.17, 15) is 4.39 Å². The van der Waals surface area contributed by atoms with Crippen molar-refractivity contribution >= 4 is 5.95 Å². The van der Waals surface area contributed by atoms with Gasteiger partial charge in [-0.05, 0) is 48.0 Å². The molecule has 0 fully saturated rings. The van der Waals surface area contributed by atoms with Gasteiger partial charge in [0.2, 0.25) is 5.95 Å². The van der Waals surface area contributed by atoms with E-state index in [-0.39, 0.29) is 5.82 Å². The predicted molar refractivity (Wildman–Crippen MR) is 96.6 cm³/mol. The summed E-state index contributed by atoms with van der Waals surface area (Å²) in [4.78, 5) is 20.3. The van der Waals surface area contributed by atoms with Crippen LogP contribution in [-0.2, 0) is 6.54 Å². The lowest BCUT2D eigenvalue weighted by Crippen LogP contribution is -2.04. The molecular formula is C19H15FN6. The van der Waals surface area contributed by atoms with Crippen LogP contribution in [0.15, 0.2) is 67.4 Å². The fraction of sp³-hybridized carbons (Fsp3) is 0.0526. The van der Waals surface area contributed by atoms with Crippen LogP contribution >= 0.6 is 0 Å². The number of hydrogen-bond donors (Lipinski definition) is 2. The Morgan fingerprint density at radius 1 is 0.923 bits per heavy atom. The molecule has 0 bridgehead atoms. The number of H-pyrrole nitrogens is 1. The van der Waals surface area contributed by atoms with Crippen LogP contribution in [0.3, 0.4) is 0 Å². The molecule has 4 aromatic rings. The normalized spacial score (nSPS) is 10.7. The summed E-state index contributed by atoms with van der Waals surface area (Å²) < 4.78 is 13.2. The molecule has 26 heavy (non-hydrogen) atoms. The first-order chi connectivity index (χ1) is 12.8. The lowest BCUT2D eigenvalue weighted by Gasteiger charge is -2.07. The fourth-order valence-electron chi connectivity index (χ4n) is 2.58. The molecule has 0 unspecified atom stereocenters. The van der Waals surface area contributed by atoms with Crippen molar-refractivity contribution in [1.82, 2.24) is 24.9 Å². The van der Waals surface area contributed by atoms with E-state index in [4.69, 9.17) is 0 Å². The third-order valence-corrected chi connectivity index (χ3v) is 3.87. The highest BCUT2D eigenvalue weighted by molar-refractivity contribution is 5.76. The van der Waals surface area contributed by atoms with E-state index >= 15 is 0 Å². The number of imidazole rings is 1. The molecule has 0 aliphatic carbocycles. The number of pyridine rings is 1. The molecule has 2 N–H and O–H groups in total. The quantitative estimate of drug-likeness (QED) is 0.576. The second-order valence-corrected chi connectivity index (χ2v) is 5.61. The SMILES string of the molecule is Fc1ccc(-c2nc[nH]c2-c2ccnc(NCc3ccncc3)n2)cc1. The summed E-state index contributed by atoms with van der Waals surface area (Å²) in [6.07, 6.45) is 6.77. The van der Waals surface area contributed by atoms with Crippen LogP contribution < -0.4 is 5.32 Å². The maximum Gasteiger partial charge on any atom is 0.223 e. The Balaban J connectivity index is 1.59. The monoisotopic (exact) mass is 346 g/mol. The highest BCUT2D eigenvalue weighted by Gasteiger charge is 2.12. The molecule has 128 valence electrons. The molecular weight excluding hydrogens is 331 g/mol. The van der Waals surface area contributed by atoms with Crippen LogP contribution in [0.5, 0.6) is 0 Å². The third-order valence-electron chi connectivity index (χ3n) is 3.87. The van der Waals surface area contributed by atoms with Gasteiger partial charge in [0.05, 0.1) is 23.4 Å². The second kappa shape index (κ2) is 7.10. The molecule has 0 saturated heterocycles. The molecule has 6 nitrogen and oxygen atoms in total. The molecule has 0 atom stereocenters. The number of aromatic amines is 1. The lowest BCUT2D eigenvalue weighted by molar-refractivity contribution is 0.628. The maximum absolute atomic E-state index is 13.2. The van der Waals surface area contributed by atoms with Gasteiger partial charge in [-0.2, -0.15) is 0 Å². The minimum absolute atomic E-state index is 0.282. The van der Waals surface area contributed by atoms with E-state index in [1.54, 1.807) is 43.1 Å². The first-order valence-electron chi connectivity index (χ1n) is 8.05. The van der Waals surface area contributed by atoms with Crippen LogP contribution in [0.2, 0.25) is 0 Å². The zero-order valence-electron chi connectivity index (χ0n) is 13.7. The average Bonchev–Trinajstić information content (AvgIpc) is 3.18. The molecule has 0 aliphatic heterocycles. The van der Waals surface area contributed by atoms with E-state index in [0.29, 0.717) is 23.9 Å². The van der Waals surface area contributed by atoms with Gasteiger partial charge in [0.25, 0.3) is 0 Å². The highest BCUT2D eigenvalue weighted by Crippen LogP contribution is 2.28. The largest absolute Gasteiger partial charge is 0.350 e. The smallest absolute Gasteiger partial charge is 0.223 e. The van der Waals surface area contributed by atoms with Crippen molar-refractivity contribution in [2.75, 3.05) is 5.32 Å². The topological polar surface area (TPSA) is 79.4 Å². The number of nitrogens with one attached hydrogen (secondary N) is 2. The van der Waals surface area contributed by atoms with Gasteiger partial charge in [0.15, 0.2) is 0 Å². The van der Waals surface area contributed by atoms with Gasteiger partial charge in [0, 0.05) is 30.7 Å². The van der Waals surface area contributed by atoms with Crippen molar-refractivity contribution in [2.45, 2.75) is 6.54 Å². The summed E-state index contributed by atoms with van der Waals surface area (Å²) in [6, 6.07) is 11.9. The minimum atomic E-state index is -0.282. The summed E-state index contributed by atoms with van der Waals surface area (Å²) >= 11 is 0. The van der Waals surface area contributed by atoms with Gasteiger partial charge in [-0.3, -0.25) is 4.98 Å². The number of anilines is 1. The van der Waals surface area contributed by atoms with Crippen molar-refractivity contribution in [3.8, 4) is 22.6 Å². The predicted octanol–water partition coefficient (Wildman–Crippen LogP) is 3.68. The van der Waals surface area contributed by atoms with E-state index in [1.807, 2.05) is 12.1 Å². The van der Waals surface area contributed by atoms with Crippen LogP contribution in [0.4, 0.5) is 10.3 Å².